The van der Waals surface area contributed by atoms with Crippen molar-refractivity contribution in [1.29, 1.82) is 0 Å². The molecule has 144 valence electrons. The van der Waals surface area contributed by atoms with Gasteiger partial charge in [-0.25, -0.2) is 4.79 Å². The van der Waals surface area contributed by atoms with Gasteiger partial charge in [-0.2, -0.15) is 0 Å². The topological polar surface area (TPSA) is 145 Å². The van der Waals surface area contributed by atoms with Gasteiger partial charge in [0.15, 0.2) is 0 Å². The third-order valence-electron chi connectivity index (χ3n) is 3.45. The number of carboxylic acids is 1. The van der Waals surface area contributed by atoms with Gasteiger partial charge in [-0.15, -0.1) is 0 Å². The van der Waals surface area contributed by atoms with E-state index in [9.17, 15) is 29.4 Å². The zero-order valence-corrected chi connectivity index (χ0v) is 15.3. The molecular weight excluding hydrogens is 330 g/mol. The lowest BCUT2D eigenvalue weighted by atomic mass is 10.00. The predicted molar refractivity (Wildman–Crippen MR) is 90.5 cm³/mol. The minimum absolute atomic E-state index is 0.0479. The van der Waals surface area contributed by atoms with E-state index in [-0.39, 0.29) is 18.3 Å². The van der Waals surface area contributed by atoms with Gasteiger partial charge in [0.05, 0.1) is 6.61 Å². The molecule has 3 amide bonds. The van der Waals surface area contributed by atoms with Crippen LogP contribution in [-0.4, -0.2) is 58.6 Å². The summed E-state index contributed by atoms with van der Waals surface area (Å²) in [7, 11) is 0. The van der Waals surface area contributed by atoms with Crippen molar-refractivity contribution in [3.8, 4) is 0 Å². The van der Waals surface area contributed by atoms with Gasteiger partial charge < -0.3 is 26.2 Å². The summed E-state index contributed by atoms with van der Waals surface area (Å²) >= 11 is 0. The number of hydrogen-bond acceptors (Lipinski definition) is 5. The summed E-state index contributed by atoms with van der Waals surface area (Å²) in [6.45, 7) is 7.60. The Morgan fingerprint density at radius 2 is 1.40 bits per heavy atom. The van der Waals surface area contributed by atoms with E-state index in [4.69, 9.17) is 0 Å². The van der Waals surface area contributed by atoms with Crippen molar-refractivity contribution in [2.45, 2.75) is 59.2 Å². The van der Waals surface area contributed by atoms with Crippen LogP contribution in [0.4, 0.5) is 0 Å². The number of amides is 3. The first-order valence-corrected chi connectivity index (χ1v) is 8.21. The van der Waals surface area contributed by atoms with E-state index in [0.29, 0.717) is 0 Å². The summed E-state index contributed by atoms with van der Waals surface area (Å²) < 4.78 is 0. The Hall–Kier alpha value is -2.16. The standard InChI is InChI=1S/C16H29N3O6/c1-8(2)6-11(14(22)19-13(9(3)4)16(24)25)18-15(23)12(7-20)17-10(5)21/h8-9,11-13,20H,6-7H2,1-5H3,(H,17,21)(H,18,23)(H,19,22)(H,24,25)/t11-,12-,13+/m0/s1. The van der Waals surface area contributed by atoms with Crippen molar-refractivity contribution < 1.29 is 29.4 Å². The molecule has 0 spiro atoms. The molecule has 0 unspecified atom stereocenters. The third-order valence-corrected chi connectivity index (χ3v) is 3.45. The van der Waals surface area contributed by atoms with Crippen molar-refractivity contribution in [3.63, 3.8) is 0 Å². The van der Waals surface area contributed by atoms with Crippen LogP contribution in [0, 0.1) is 11.8 Å². The first-order chi connectivity index (χ1) is 11.5. The summed E-state index contributed by atoms with van der Waals surface area (Å²) in [5, 5.41) is 25.6. The smallest absolute Gasteiger partial charge is 0.326 e. The average molecular weight is 359 g/mol. The zero-order chi connectivity index (χ0) is 19.7. The Kier molecular flexibility index (Phi) is 9.73. The van der Waals surface area contributed by atoms with Crippen LogP contribution < -0.4 is 16.0 Å². The van der Waals surface area contributed by atoms with E-state index in [1.165, 1.54) is 6.92 Å². The number of carboxylic acid groups (broad SMARTS) is 1. The zero-order valence-electron chi connectivity index (χ0n) is 15.3. The minimum Gasteiger partial charge on any atom is -0.480 e. The highest BCUT2D eigenvalue weighted by atomic mass is 16.4. The Morgan fingerprint density at radius 3 is 1.76 bits per heavy atom. The second kappa shape index (κ2) is 10.7. The number of carbonyl (C=O) groups is 4. The molecule has 0 aromatic carbocycles. The quantitative estimate of drug-likeness (QED) is 0.347. The van der Waals surface area contributed by atoms with Crippen molar-refractivity contribution in [2.75, 3.05) is 6.61 Å². The van der Waals surface area contributed by atoms with Crippen LogP contribution >= 0.6 is 0 Å². The second-order valence-corrected chi connectivity index (χ2v) is 6.69. The molecule has 0 fully saturated rings. The van der Waals surface area contributed by atoms with Crippen LogP contribution in [0.2, 0.25) is 0 Å². The molecule has 0 aromatic rings. The lowest BCUT2D eigenvalue weighted by molar-refractivity contribution is -0.143. The van der Waals surface area contributed by atoms with Crippen LogP contribution in [0.25, 0.3) is 0 Å². The third kappa shape index (κ3) is 8.48. The first-order valence-electron chi connectivity index (χ1n) is 8.21. The van der Waals surface area contributed by atoms with E-state index in [1.54, 1.807) is 13.8 Å². The number of hydrogen-bond donors (Lipinski definition) is 5. The molecule has 9 heteroatoms. The normalized spacial score (nSPS) is 14.6. The van der Waals surface area contributed by atoms with Crippen molar-refractivity contribution in [1.82, 2.24) is 16.0 Å². The Morgan fingerprint density at radius 1 is 0.880 bits per heavy atom. The second-order valence-electron chi connectivity index (χ2n) is 6.69. The number of aliphatic carboxylic acids is 1. The number of aliphatic hydroxyl groups excluding tert-OH is 1. The fraction of sp³-hybridized carbons (Fsp3) is 0.750. The molecule has 0 heterocycles. The summed E-state index contributed by atoms with van der Waals surface area (Å²) in [6.07, 6.45) is 0.278. The van der Waals surface area contributed by atoms with E-state index in [0.717, 1.165) is 0 Å². The van der Waals surface area contributed by atoms with Gasteiger partial charge in [0.25, 0.3) is 0 Å². The monoisotopic (exact) mass is 359 g/mol. The van der Waals surface area contributed by atoms with Crippen LogP contribution in [0.15, 0.2) is 0 Å². The lowest BCUT2D eigenvalue weighted by Crippen LogP contribution is -2.57. The highest BCUT2D eigenvalue weighted by Gasteiger charge is 2.30. The molecule has 9 nitrogen and oxygen atoms in total. The summed E-state index contributed by atoms with van der Waals surface area (Å²) in [6, 6.07) is -3.24. The van der Waals surface area contributed by atoms with Crippen LogP contribution in [0.1, 0.15) is 41.0 Å². The number of carbonyl (C=O) groups excluding carboxylic acids is 3. The first kappa shape index (κ1) is 22.8. The van der Waals surface area contributed by atoms with E-state index in [2.05, 4.69) is 16.0 Å². The van der Waals surface area contributed by atoms with Gasteiger partial charge in [-0.1, -0.05) is 27.7 Å². The van der Waals surface area contributed by atoms with E-state index >= 15 is 0 Å². The van der Waals surface area contributed by atoms with Gasteiger partial charge >= 0.3 is 5.97 Å². The molecule has 0 aromatic heterocycles. The SMILES string of the molecule is CC(=O)N[C@@H](CO)C(=O)N[C@@H](CC(C)C)C(=O)N[C@@H](C(=O)O)C(C)C. The molecule has 0 aliphatic rings. The Bertz CT molecular complexity index is 492. The fourth-order valence-electron chi connectivity index (χ4n) is 2.18. The predicted octanol–water partition coefficient (Wildman–Crippen LogP) is -0.760. The Balaban J connectivity index is 5.16. The van der Waals surface area contributed by atoms with Crippen LogP contribution in [0.5, 0.6) is 0 Å². The van der Waals surface area contributed by atoms with Gasteiger partial charge in [-0.05, 0) is 18.3 Å². The van der Waals surface area contributed by atoms with Gasteiger partial charge in [0.2, 0.25) is 17.7 Å². The number of rotatable bonds is 10. The Labute approximate surface area is 147 Å². The molecule has 0 aliphatic heterocycles. The lowest BCUT2D eigenvalue weighted by Gasteiger charge is -2.25. The largest absolute Gasteiger partial charge is 0.480 e. The maximum absolute atomic E-state index is 12.4. The number of nitrogens with one attached hydrogen (secondary N) is 3. The molecule has 0 radical (unpaired) electrons. The summed E-state index contributed by atoms with van der Waals surface area (Å²) in [5.74, 6) is -3.28. The molecule has 3 atom stereocenters. The highest BCUT2D eigenvalue weighted by molar-refractivity contribution is 5.93. The van der Waals surface area contributed by atoms with Crippen LogP contribution in [-0.2, 0) is 19.2 Å². The molecule has 0 rings (SSSR count). The fourth-order valence-corrected chi connectivity index (χ4v) is 2.18. The van der Waals surface area contributed by atoms with Gasteiger partial charge in [-0.3, -0.25) is 14.4 Å². The van der Waals surface area contributed by atoms with Crippen LogP contribution in [0.3, 0.4) is 0 Å². The molecular formula is C16H29N3O6. The maximum Gasteiger partial charge on any atom is 0.326 e. The summed E-state index contributed by atoms with van der Waals surface area (Å²) in [4.78, 5) is 46.9. The summed E-state index contributed by atoms with van der Waals surface area (Å²) in [5.41, 5.74) is 0. The van der Waals surface area contributed by atoms with E-state index < -0.39 is 48.4 Å². The number of aliphatic hydroxyl groups is 1. The maximum atomic E-state index is 12.4. The highest BCUT2D eigenvalue weighted by Crippen LogP contribution is 2.08. The van der Waals surface area contributed by atoms with E-state index in [1.807, 2.05) is 13.8 Å². The molecule has 0 saturated carbocycles. The minimum atomic E-state index is -1.18. The molecule has 0 bridgehead atoms. The average Bonchev–Trinajstić information content (AvgIpc) is 2.47. The molecule has 0 aliphatic carbocycles. The van der Waals surface area contributed by atoms with Crippen molar-refractivity contribution in [2.24, 2.45) is 11.8 Å². The van der Waals surface area contributed by atoms with Gasteiger partial charge in [0, 0.05) is 6.92 Å². The molecule has 25 heavy (non-hydrogen) atoms. The van der Waals surface area contributed by atoms with Crippen molar-refractivity contribution in [3.05, 3.63) is 0 Å². The van der Waals surface area contributed by atoms with Gasteiger partial charge in [0.1, 0.15) is 18.1 Å². The molecule has 0 saturated heterocycles. The van der Waals surface area contributed by atoms with Crippen molar-refractivity contribution >= 4 is 23.7 Å². The molecule has 5 N–H and O–H groups in total.